The summed E-state index contributed by atoms with van der Waals surface area (Å²) >= 11 is 1.47. The first-order valence-corrected chi connectivity index (χ1v) is 12.6. The van der Waals surface area contributed by atoms with Crippen LogP contribution >= 0.6 is 11.3 Å². The van der Waals surface area contributed by atoms with Gasteiger partial charge in [0.2, 0.25) is 5.91 Å². The molecule has 3 aromatic carbocycles. The second-order valence-electron chi connectivity index (χ2n) is 8.85. The zero-order valence-electron chi connectivity index (χ0n) is 20.4. The van der Waals surface area contributed by atoms with Gasteiger partial charge >= 0.3 is 0 Å². The molecule has 8 heteroatoms. The van der Waals surface area contributed by atoms with Crippen molar-refractivity contribution in [3.63, 3.8) is 0 Å². The van der Waals surface area contributed by atoms with Crippen LogP contribution in [0, 0.1) is 6.92 Å². The van der Waals surface area contributed by atoms with E-state index in [0.29, 0.717) is 27.2 Å². The molecule has 1 atom stereocenters. The number of nitrogens with zero attached hydrogens (tertiary/aromatic N) is 2. The Hall–Kier alpha value is -4.43. The summed E-state index contributed by atoms with van der Waals surface area (Å²) in [5.41, 5.74) is 3.40. The first kappa shape index (κ1) is 23.0. The minimum absolute atomic E-state index is 0.254. The molecule has 3 heterocycles. The number of methoxy groups -OCH3 is 1. The zero-order valence-corrected chi connectivity index (χ0v) is 21.3. The number of nitrogens with one attached hydrogen (secondary N) is 1. The molecule has 7 nitrogen and oxygen atoms in total. The standard InChI is InChI=1S/C29H23N3O4S/c1-16(32-15-30-28-26(29(32)34)25(17(2)37-28)18-9-5-4-6-10-18)27(33)31-21-14-23-20(13-24(21)35-3)19-11-7-8-12-22(19)36-23/h4-16H,1-3H3,(H,31,33)/t16-/m1/s1. The Kier molecular flexibility index (Phi) is 5.53. The third-order valence-corrected chi connectivity index (χ3v) is 7.64. The number of ether oxygens (including phenoxy) is 1. The van der Waals surface area contributed by atoms with E-state index in [0.717, 1.165) is 32.4 Å². The molecular weight excluding hydrogens is 486 g/mol. The lowest BCUT2D eigenvalue weighted by Gasteiger charge is -2.16. The van der Waals surface area contributed by atoms with Crippen LogP contribution in [0.25, 0.3) is 43.3 Å². The first-order valence-electron chi connectivity index (χ1n) is 11.8. The lowest BCUT2D eigenvalue weighted by Crippen LogP contribution is -2.31. The van der Waals surface area contributed by atoms with E-state index in [1.54, 1.807) is 20.1 Å². The van der Waals surface area contributed by atoms with Crippen molar-refractivity contribution in [2.75, 3.05) is 12.4 Å². The van der Waals surface area contributed by atoms with Gasteiger partial charge in [0.05, 0.1) is 24.5 Å². The Balaban J connectivity index is 1.38. The van der Waals surface area contributed by atoms with Crippen molar-refractivity contribution in [2.24, 2.45) is 0 Å². The van der Waals surface area contributed by atoms with Gasteiger partial charge in [0.15, 0.2) is 0 Å². The van der Waals surface area contributed by atoms with Crippen LogP contribution in [-0.2, 0) is 4.79 Å². The number of amides is 1. The summed E-state index contributed by atoms with van der Waals surface area (Å²) in [4.78, 5) is 33.2. The molecular formula is C29H23N3O4S. The summed E-state index contributed by atoms with van der Waals surface area (Å²) in [5, 5.41) is 5.30. The largest absolute Gasteiger partial charge is 0.495 e. The molecule has 0 unspecified atom stereocenters. The predicted molar refractivity (Wildman–Crippen MR) is 148 cm³/mol. The average Bonchev–Trinajstić information content (AvgIpc) is 3.45. The second-order valence-corrected chi connectivity index (χ2v) is 10.1. The van der Waals surface area contributed by atoms with Crippen molar-refractivity contribution in [1.29, 1.82) is 0 Å². The molecule has 0 radical (unpaired) electrons. The minimum Gasteiger partial charge on any atom is -0.495 e. The van der Waals surface area contributed by atoms with E-state index in [9.17, 15) is 9.59 Å². The van der Waals surface area contributed by atoms with E-state index in [-0.39, 0.29) is 11.5 Å². The van der Waals surface area contributed by atoms with Crippen LogP contribution in [0.4, 0.5) is 5.69 Å². The number of thiophene rings is 1. The van der Waals surface area contributed by atoms with Gasteiger partial charge in [0.25, 0.3) is 5.56 Å². The molecule has 37 heavy (non-hydrogen) atoms. The van der Waals surface area contributed by atoms with Crippen molar-refractivity contribution in [3.05, 3.63) is 88.3 Å². The van der Waals surface area contributed by atoms with Gasteiger partial charge in [-0.25, -0.2) is 4.98 Å². The monoisotopic (exact) mass is 509 g/mol. The number of rotatable bonds is 5. The number of carbonyl (C=O) groups excluding carboxylic acids is 1. The van der Waals surface area contributed by atoms with Crippen LogP contribution in [0.2, 0.25) is 0 Å². The summed E-state index contributed by atoms with van der Waals surface area (Å²) < 4.78 is 12.9. The van der Waals surface area contributed by atoms with E-state index < -0.39 is 6.04 Å². The van der Waals surface area contributed by atoms with Gasteiger partial charge in [-0.05, 0) is 31.5 Å². The maximum Gasteiger partial charge on any atom is 0.263 e. The minimum atomic E-state index is -0.815. The van der Waals surface area contributed by atoms with Crippen molar-refractivity contribution in [3.8, 4) is 16.9 Å². The quantitative estimate of drug-likeness (QED) is 0.285. The highest BCUT2D eigenvalue weighted by molar-refractivity contribution is 7.19. The lowest BCUT2D eigenvalue weighted by atomic mass is 10.0. The summed E-state index contributed by atoms with van der Waals surface area (Å²) in [7, 11) is 1.55. The Bertz CT molecular complexity index is 1870. The molecule has 6 rings (SSSR count). The summed E-state index contributed by atoms with van der Waals surface area (Å²) in [6.07, 6.45) is 1.44. The molecule has 0 aliphatic rings. The highest BCUT2D eigenvalue weighted by Gasteiger charge is 2.23. The van der Waals surface area contributed by atoms with E-state index in [1.165, 1.54) is 22.2 Å². The van der Waals surface area contributed by atoms with Gasteiger partial charge in [-0.3, -0.25) is 14.2 Å². The molecule has 0 saturated heterocycles. The van der Waals surface area contributed by atoms with Gasteiger partial charge in [0.1, 0.15) is 27.8 Å². The molecule has 3 aromatic heterocycles. The van der Waals surface area contributed by atoms with E-state index in [4.69, 9.17) is 9.15 Å². The number of fused-ring (bicyclic) bond motifs is 4. The number of furan rings is 1. The number of para-hydroxylation sites is 1. The van der Waals surface area contributed by atoms with Crippen LogP contribution < -0.4 is 15.6 Å². The Morgan fingerprint density at radius 2 is 1.81 bits per heavy atom. The van der Waals surface area contributed by atoms with Crippen molar-refractivity contribution in [1.82, 2.24) is 9.55 Å². The predicted octanol–water partition coefficient (Wildman–Crippen LogP) is 6.54. The Labute approximate surface area is 215 Å². The van der Waals surface area contributed by atoms with Gasteiger partial charge in [-0.2, -0.15) is 0 Å². The number of aromatic nitrogens is 2. The summed E-state index contributed by atoms with van der Waals surface area (Å²) in [6.45, 7) is 3.66. The number of benzene rings is 3. The summed E-state index contributed by atoms with van der Waals surface area (Å²) in [5.74, 6) is 0.130. The van der Waals surface area contributed by atoms with Crippen LogP contribution in [0.3, 0.4) is 0 Å². The number of anilines is 1. The molecule has 1 amide bonds. The molecule has 0 aliphatic heterocycles. The molecule has 0 fully saturated rings. The fourth-order valence-electron chi connectivity index (χ4n) is 4.73. The molecule has 184 valence electrons. The average molecular weight is 510 g/mol. The topological polar surface area (TPSA) is 86.4 Å². The zero-order chi connectivity index (χ0) is 25.7. The lowest BCUT2D eigenvalue weighted by molar-refractivity contribution is -0.118. The number of aryl methyl sites for hydroxylation is 1. The first-order chi connectivity index (χ1) is 18.0. The van der Waals surface area contributed by atoms with Crippen LogP contribution in [-0.4, -0.2) is 22.6 Å². The fourth-order valence-corrected chi connectivity index (χ4v) is 5.73. The molecule has 0 aliphatic carbocycles. The smallest absolute Gasteiger partial charge is 0.263 e. The number of hydrogen-bond acceptors (Lipinski definition) is 6. The van der Waals surface area contributed by atoms with Gasteiger partial charge in [-0.15, -0.1) is 11.3 Å². The fraction of sp³-hybridized carbons (Fsp3) is 0.138. The van der Waals surface area contributed by atoms with Crippen LogP contribution in [0.5, 0.6) is 5.75 Å². The van der Waals surface area contributed by atoms with Crippen molar-refractivity contribution in [2.45, 2.75) is 19.9 Å². The molecule has 0 spiro atoms. The van der Waals surface area contributed by atoms with Crippen LogP contribution in [0.1, 0.15) is 17.8 Å². The molecule has 6 aromatic rings. The van der Waals surface area contributed by atoms with E-state index in [1.807, 2.05) is 67.6 Å². The highest BCUT2D eigenvalue weighted by Crippen LogP contribution is 2.37. The molecule has 0 bridgehead atoms. The third kappa shape index (κ3) is 3.77. The van der Waals surface area contributed by atoms with Gasteiger partial charge in [-0.1, -0.05) is 48.5 Å². The normalized spacial score (nSPS) is 12.3. The number of carbonyl (C=O) groups is 1. The van der Waals surface area contributed by atoms with Gasteiger partial charge in [0, 0.05) is 27.3 Å². The van der Waals surface area contributed by atoms with Crippen LogP contribution in [0.15, 0.2) is 82.3 Å². The highest BCUT2D eigenvalue weighted by atomic mass is 32.1. The Morgan fingerprint density at radius 1 is 1.05 bits per heavy atom. The van der Waals surface area contributed by atoms with Crippen molar-refractivity contribution < 1.29 is 13.9 Å². The SMILES string of the molecule is COc1cc2c(cc1NC(=O)[C@@H](C)n1cnc3sc(C)c(-c4ccccc4)c3c1=O)oc1ccccc12. The second kappa shape index (κ2) is 8.90. The van der Waals surface area contributed by atoms with E-state index in [2.05, 4.69) is 10.3 Å². The third-order valence-electron chi connectivity index (χ3n) is 6.63. The van der Waals surface area contributed by atoms with Crippen molar-refractivity contribution >= 4 is 55.1 Å². The summed E-state index contributed by atoms with van der Waals surface area (Å²) in [6, 6.07) is 20.3. The van der Waals surface area contributed by atoms with Gasteiger partial charge < -0.3 is 14.5 Å². The Morgan fingerprint density at radius 3 is 2.59 bits per heavy atom. The van der Waals surface area contributed by atoms with E-state index >= 15 is 0 Å². The molecule has 0 saturated carbocycles. The maximum absolute atomic E-state index is 13.6. The maximum atomic E-state index is 13.6. The molecule has 1 N–H and O–H groups in total. The number of hydrogen-bond donors (Lipinski definition) is 1.